The quantitative estimate of drug-likeness (QED) is 0.714. The fourth-order valence-corrected chi connectivity index (χ4v) is 5.71. The van der Waals surface area contributed by atoms with Crippen molar-refractivity contribution in [2.24, 2.45) is 0 Å². The molecule has 0 radical (unpaired) electrons. The van der Waals surface area contributed by atoms with Crippen LogP contribution in [0.15, 0.2) is 48.5 Å². The minimum Gasteiger partial charge on any atom is -0.378 e. The summed E-state index contributed by atoms with van der Waals surface area (Å²) in [4.78, 5) is 32.4. The summed E-state index contributed by atoms with van der Waals surface area (Å²) < 4.78 is 5.43. The highest BCUT2D eigenvalue weighted by molar-refractivity contribution is 5.89. The summed E-state index contributed by atoms with van der Waals surface area (Å²) in [6.07, 6.45) is 3.20. The molecule has 0 spiro atoms. The van der Waals surface area contributed by atoms with Crippen molar-refractivity contribution < 1.29 is 14.3 Å². The Balaban J connectivity index is 1.24. The number of morpholine rings is 1. The second-order valence-electron chi connectivity index (χ2n) is 9.74. The molecule has 8 heteroatoms. The number of urea groups is 1. The summed E-state index contributed by atoms with van der Waals surface area (Å²) in [5, 5.41) is 12.0. The summed E-state index contributed by atoms with van der Waals surface area (Å²) in [5.41, 5.74) is 3.76. The Morgan fingerprint density at radius 2 is 1.75 bits per heavy atom. The van der Waals surface area contributed by atoms with Gasteiger partial charge in [-0.05, 0) is 48.6 Å². The number of nitrogens with one attached hydrogen (secondary N) is 1. The number of anilines is 1. The number of carbonyl (C=O) groups is 2. The standard InChI is InChI=1S/C28H33N5O3/c29-20-21-4-3-6-23(18-21)30-28(35)32-11-9-24(10-12-32)33-13-8-22-5-1-2-7-25(22)26(33)19-27(34)31-14-16-36-17-15-31/h1-7,18,24,26H,8-17,19H2,(H,30,35). The molecular formula is C28H33N5O3. The minimum absolute atomic E-state index is 0.0596. The van der Waals surface area contributed by atoms with Gasteiger partial charge in [-0.3, -0.25) is 9.69 Å². The van der Waals surface area contributed by atoms with E-state index >= 15 is 0 Å². The molecule has 2 aromatic rings. The number of amides is 3. The van der Waals surface area contributed by atoms with E-state index in [1.165, 1.54) is 11.1 Å². The number of nitriles is 1. The van der Waals surface area contributed by atoms with E-state index in [9.17, 15) is 9.59 Å². The molecule has 8 nitrogen and oxygen atoms in total. The number of hydrogen-bond donors (Lipinski definition) is 1. The Morgan fingerprint density at radius 1 is 0.972 bits per heavy atom. The van der Waals surface area contributed by atoms with Crippen molar-refractivity contribution >= 4 is 17.6 Å². The molecule has 2 fully saturated rings. The molecular weight excluding hydrogens is 454 g/mol. The molecule has 3 aliphatic heterocycles. The normalized spacial score (nSPS) is 20.9. The van der Waals surface area contributed by atoms with E-state index in [1.54, 1.807) is 24.3 Å². The second-order valence-corrected chi connectivity index (χ2v) is 9.74. The third kappa shape index (κ3) is 5.38. The number of nitrogens with zero attached hydrogens (tertiary/aromatic N) is 4. The molecule has 5 rings (SSSR count). The molecule has 36 heavy (non-hydrogen) atoms. The smallest absolute Gasteiger partial charge is 0.321 e. The molecule has 1 atom stereocenters. The van der Waals surface area contributed by atoms with Crippen LogP contribution in [-0.2, 0) is 16.0 Å². The zero-order valence-electron chi connectivity index (χ0n) is 20.6. The van der Waals surface area contributed by atoms with Crippen LogP contribution in [0.2, 0.25) is 0 Å². The summed E-state index contributed by atoms with van der Waals surface area (Å²) in [5.74, 6) is 0.196. The highest BCUT2D eigenvalue weighted by atomic mass is 16.5. The molecule has 0 bridgehead atoms. The van der Waals surface area contributed by atoms with Crippen LogP contribution in [0.5, 0.6) is 0 Å². The summed E-state index contributed by atoms with van der Waals surface area (Å²) in [7, 11) is 0. The lowest BCUT2D eigenvalue weighted by atomic mass is 9.87. The molecule has 0 aromatic heterocycles. The van der Waals surface area contributed by atoms with Gasteiger partial charge in [-0.2, -0.15) is 5.26 Å². The number of fused-ring (bicyclic) bond motifs is 1. The average Bonchev–Trinajstić information content (AvgIpc) is 2.94. The number of likely N-dealkylation sites (tertiary alicyclic amines) is 1. The van der Waals surface area contributed by atoms with E-state index in [1.807, 2.05) is 9.80 Å². The number of carbonyl (C=O) groups excluding carboxylic acids is 2. The highest BCUT2D eigenvalue weighted by Crippen LogP contribution is 2.36. The average molecular weight is 488 g/mol. The van der Waals surface area contributed by atoms with E-state index in [2.05, 4.69) is 40.6 Å². The van der Waals surface area contributed by atoms with Crippen LogP contribution in [-0.4, -0.2) is 78.6 Å². The first kappa shape index (κ1) is 24.3. The van der Waals surface area contributed by atoms with Crippen LogP contribution in [0, 0.1) is 11.3 Å². The van der Waals surface area contributed by atoms with E-state index in [0.717, 1.165) is 25.8 Å². The summed E-state index contributed by atoms with van der Waals surface area (Å²) in [6.45, 7) is 4.80. The predicted molar refractivity (Wildman–Crippen MR) is 136 cm³/mol. The van der Waals surface area contributed by atoms with Crippen molar-refractivity contribution in [1.82, 2.24) is 14.7 Å². The second kappa shape index (κ2) is 11.1. The Hall–Kier alpha value is -3.41. The van der Waals surface area contributed by atoms with Crippen LogP contribution < -0.4 is 5.32 Å². The molecule has 0 saturated carbocycles. The monoisotopic (exact) mass is 487 g/mol. The first-order chi connectivity index (χ1) is 17.6. The predicted octanol–water partition coefficient (Wildman–Crippen LogP) is 3.40. The lowest BCUT2D eigenvalue weighted by Gasteiger charge is -2.45. The third-order valence-corrected chi connectivity index (χ3v) is 7.65. The van der Waals surface area contributed by atoms with Gasteiger partial charge in [0.2, 0.25) is 5.91 Å². The molecule has 3 aliphatic rings. The van der Waals surface area contributed by atoms with E-state index in [-0.39, 0.29) is 18.0 Å². The zero-order valence-corrected chi connectivity index (χ0v) is 20.6. The molecule has 2 aromatic carbocycles. The van der Waals surface area contributed by atoms with Crippen LogP contribution in [0.1, 0.15) is 42.0 Å². The number of benzene rings is 2. The van der Waals surface area contributed by atoms with Crippen LogP contribution in [0.4, 0.5) is 10.5 Å². The third-order valence-electron chi connectivity index (χ3n) is 7.65. The lowest BCUT2D eigenvalue weighted by Crippen LogP contribution is -2.51. The Bertz CT molecular complexity index is 1130. The van der Waals surface area contributed by atoms with Gasteiger partial charge in [0.05, 0.1) is 24.8 Å². The lowest BCUT2D eigenvalue weighted by molar-refractivity contribution is -0.137. The molecule has 188 valence electrons. The first-order valence-corrected chi connectivity index (χ1v) is 12.9. The van der Waals surface area contributed by atoms with Crippen LogP contribution in [0.25, 0.3) is 0 Å². The van der Waals surface area contributed by atoms with Crippen molar-refractivity contribution in [3.05, 3.63) is 65.2 Å². The number of piperidine rings is 1. The molecule has 3 amide bonds. The van der Waals surface area contributed by atoms with Crippen molar-refractivity contribution in [3.63, 3.8) is 0 Å². The van der Waals surface area contributed by atoms with Gasteiger partial charge >= 0.3 is 6.03 Å². The Labute approximate surface area is 212 Å². The minimum atomic E-state index is -0.133. The molecule has 0 aliphatic carbocycles. The van der Waals surface area contributed by atoms with E-state index in [0.29, 0.717) is 63.1 Å². The maximum absolute atomic E-state index is 13.2. The maximum atomic E-state index is 13.2. The van der Waals surface area contributed by atoms with Gasteiger partial charge in [0, 0.05) is 56.9 Å². The topological polar surface area (TPSA) is 88.9 Å². The number of rotatable bonds is 4. The van der Waals surface area contributed by atoms with E-state index < -0.39 is 0 Å². The fraction of sp³-hybridized carbons (Fsp3) is 0.464. The largest absolute Gasteiger partial charge is 0.378 e. The van der Waals surface area contributed by atoms with Gasteiger partial charge in [0.25, 0.3) is 0 Å². The van der Waals surface area contributed by atoms with Crippen molar-refractivity contribution in [1.29, 1.82) is 5.26 Å². The number of ether oxygens (including phenoxy) is 1. The van der Waals surface area contributed by atoms with Gasteiger partial charge in [0.1, 0.15) is 0 Å². The zero-order chi connectivity index (χ0) is 24.9. The molecule has 3 heterocycles. The number of hydrogen-bond acceptors (Lipinski definition) is 5. The molecule has 1 unspecified atom stereocenters. The van der Waals surface area contributed by atoms with Gasteiger partial charge < -0.3 is 19.9 Å². The van der Waals surface area contributed by atoms with Crippen LogP contribution >= 0.6 is 0 Å². The van der Waals surface area contributed by atoms with Gasteiger partial charge in [-0.1, -0.05) is 30.3 Å². The van der Waals surface area contributed by atoms with Crippen molar-refractivity contribution in [3.8, 4) is 6.07 Å². The van der Waals surface area contributed by atoms with Crippen LogP contribution in [0.3, 0.4) is 0 Å². The maximum Gasteiger partial charge on any atom is 0.321 e. The van der Waals surface area contributed by atoms with Crippen molar-refractivity contribution in [2.45, 2.75) is 37.8 Å². The van der Waals surface area contributed by atoms with Gasteiger partial charge in [-0.15, -0.1) is 0 Å². The van der Waals surface area contributed by atoms with E-state index in [4.69, 9.17) is 10.00 Å². The van der Waals surface area contributed by atoms with Gasteiger partial charge in [-0.25, -0.2) is 4.79 Å². The van der Waals surface area contributed by atoms with Crippen molar-refractivity contribution in [2.75, 3.05) is 51.3 Å². The SMILES string of the molecule is N#Cc1cccc(NC(=O)N2CCC(N3CCc4ccccc4C3CC(=O)N3CCOCC3)CC2)c1. The summed E-state index contributed by atoms with van der Waals surface area (Å²) in [6, 6.07) is 17.9. The highest BCUT2D eigenvalue weighted by Gasteiger charge is 2.36. The Morgan fingerprint density at radius 3 is 2.53 bits per heavy atom. The summed E-state index contributed by atoms with van der Waals surface area (Å²) >= 11 is 0. The fourth-order valence-electron chi connectivity index (χ4n) is 5.71. The Kier molecular flexibility index (Phi) is 7.49. The molecule has 1 N–H and O–H groups in total. The first-order valence-electron chi connectivity index (χ1n) is 12.9. The molecule has 2 saturated heterocycles. The van der Waals surface area contributed by atoms with Gasteiger partial charge in [0.15, 0.2) is 0 Å².